The van der Waals surface area contributed by atoms with E-state index in [1.54, 1.807) is 0 Å². The van der Waals surface area contributed by atoms with Crippen LogP contribution in [0.15, 0.2) is 0 Å². The molecular formula is C13H24N2O2. The van der Waals surface area contributed by atoms with Crippen LogP contribution in [-0.2, 0) is 9.53 Å². The molecule has 2 aliphatic rings. The molecule has 0 spiro atoms. The predicted octanol–water partition coefficient (Wildman–Crippen LogP) is 0.869. The van der Waals surface area contributed by atoms with Gasteiger partial charge in [0.05, 0.1) is 13.0 Å². The van der Waals surface area contributed by atoms with Gasteiger partial charge in [-0.15, -0.1) is 0 Å². The lowest BCUT2D eigenvalue weighted by atomic mass is 9.89. The first-order chi connectivity index (χ1) is 8.06. The number of rotatable bonds is 3. The molecule has 2 rings (SSSR count). The normalized spacial score (nSPS) is 38.5. The van der Waals surface area contributed by atoms with Crippen molar-refractivity contribution >= 4 is 5.97 Å². The molecule has 2 fully saturated rings. The lowest BCUT2D eigenvalue weighted by Crippen LogP contribution is -2.41. The van der Waals surface area contributed by atoms with E-state index in [0.29, 0.717) is 11.5 Å². The highest BCUT2D eigenvalue weighted by molar-refractivity contribution is 5.73. The van der Waals surface area contributed by atoms with Gasteiger partial charge in [0.15, 0.2) is 0 Å². The van der Waals surface area contributed by atoms with E-state index in [4.69, 9.17) is 4.74 Å². The van der Waals surface area contributed by atoms with Crippen molar-refractivity contribution in [1.29, 1.82) is 0 Å². The molecule has 0 aliphatic carbocycles. The molecule has 0 bridgehead atoms. The molecule has 0 amide bonds. The number of carbonyl (C=O) groups is 1. The van der Waals surface area contributed by atoms with Gasteiger partial charge < -0.3 is 10.1 Å². The van der Waals surface area contributed by atoms with Gasteiger partial charge in [-0.05, 0) is 38.3 Å². The summed E-state index contributed by atoms with van der Waals surface area (Å²) >= 11 is 0. The summed E-state index contributed by atoms with van der Waals surface area (Å²) in [4.78, 5) is 14.1. The summed E-state index contributed by atoms with van der Waals surface area (Å²) in [5, 5.41) is 3.43. The quantitative estimate of drug-likeness (QED) is 0.743. The number of hydrogen-bond donors (Lipinski definition) is 1. The van der Waals surface area contributed by atoms with Crippen molar-refractivity contribution in [2.75, 3.05) is 33.3 Å². The minimum atomic E-state index is -0.0466. The molecule has 0 aromatic rings. The predicted molar refractivity (Wildman–Crippen MR) is 66.8 cm³/mol. The maximum atomic E-state index is 11.6. The first-order valence-corrected chi connectivity index (χ1v) is 6.58. The Morgan fingerprint density at radius 2 is 2.35 bits per heavy atom. The van der Waals surface area contributed by atoms with E-state index in [1.165, 1.54) is 13.5 Å². The van der Waals surface area contributed by atoms with Gasteiger partial charge in [0, 0.05) is 19.1 Å². The van der Waals surface area contributed by atoms with Gasteiger partial charge in [-0.3, -0.25) is 9.69 Å². The van der Waals surface area contributed by atoms with Crippen LogP contribution in [0.1, 0.15) is 26.7 Å². The first-order valence-electron chi connectivity index (χ1n) is 6.58. The fourth-order valence-corrected chi connectivity index (χ4v) is 3.19. The number of esters is 1. The van der Waals surface area contributed by atoms with E-state index in [0.717, 1.165) is 32.6 Å². The van der Waals surface area contributed by atoms with Gasteiger partial charge in [-0.1, -0.05) is 6.92 Å². The van der Waals surface area contributed by atoms with Gasteiger partial charge in [-0.25, -0.2) is 0 Å². The summed E-state index contributed by atoms with van der Waals surface area (Å²) in [7, 11) is 1.49. The van der Waals surface area contributed by atoms with Crippen LogP contribution >= 0.6 is 0 Å². The Bertz CT molecular complexity index is 287. The second kappa shape index (κ2) is 4.94. The van der Waals surface area contributed by atoms with Crippen molar-refractivity contribution in [2.24, 2.45) is 11.3 Å². The Morgan fingerprint density at radius 3 is 2.94 bits per heavy atom. The van der Waals surface area contributed by atoms with Crippen molar-refractivity contribution in [3.8, 4) is 0 Å². The van der Waals surface area contributed by atoms with Gasteiger partial charge in [0.2, 0.25) is 0 Å². The highest BCUT2D eigenvalue weighted by Crippen LogP contribution is 2.32. The average molecular weight is 240 g/mol. The Labute approximate surface area is 104 Å². The van der Waals surface area contributed by atoms with Gasteiger partial charge >= 0.3 is 5.97 Å². The summed E-state index contributed by atoms with van der Waals surface area (Å²) < 4.78 is 4.87. The number of nitrogens with one attached hydrogen (secondary N) is 1. The van der Waals surface area contributed by atoms with E-state index in [1.807, 2.05) is 0 Å². The van der Waals surface area contributed by atoms with Crippen LogP contribution in [0.3, 0.4) is 0 Å². The molecule has 0 aromatic carbocycles. The SMILES string of the molecule is COC(=O)C1CCN(CC2(C)CCNC2)C1C. The number of ether oxygens (including phenoxy) is 1. The summed E-state index contributed by atoms with van der Waals surface area (Å²) in [6.45, 7) is 8.83. The topological polar surface area (TPSA) is 41.6 Å². The van der Waals surface area contributed by atoms with Crippen molar-refractivity contribution in [2.45, 2.75) is 32.7 Å². The molecule has 4 nitrogen and oxygen atoms in total. The van der Waals surface area contributed by atoms with Crippen molar-refractivity contribution in [3.63, 3.8) is 0 Å². The van der Waals surface area contributed by atoms with Gasteiger partial charge in [-0.2, -0.15) is 0 Å². The molecule has 0 aromatic heterocycles. The molecule has 4 heteroatoms. The molecule has 2 heterocycles. The smallest absolute Gasteiger partial charge is 0.310 e. The zero-order valence-electron chi connectivity index (χ0n) is 11.2. The van der Waals surface area contributed by atoms with Gasteiger partial charge in [0.25, 0.3) is 0 Å². The second-order valence-corrected chi connectivity index (χ2v) is 5.87. The summed E-state index contributed by atoms with van der Waals surface area (Å²) in [5.41, 5.74) is 0.374. The van der Waals surface area contributed by atoms with Crippen LogP contribution in [-0.4, -0.2) is 50.2 Å². The standard InChI is InChI=1S/C13H24N2O2/c1-10-11(12(16)17-3)4-7-15(10)9-13(2)5-6-14-8-13/h10-11,14H,4-9H2,1-3H3. The van der Waals surface area contributed by atoms with E-state index in [9.17, 15) is 4.79 Å². The number of likely N-dealkylation sites (tertiary alicyclic amines) is 1. The summed E-state index contributed by atoms with van der Waals surface area (Å²) in [6, 6.07) is 0.319. The Hall–Kier alpha value is -0.610. The maximum absolute atomic E-state index is 11.6. The molecule has 98 valence electrons. The van der Waals surface area contributed by atoms with Crippen LogP contribution in [0.2, 0.25) is 0 Å². The Morgan fingerprint density at radius 1 is 1.59 bits per heavy atom. The molecule has 0 saturated carbocycles. The molecule has 1 N–H and O–H groups in total. The third kappa shape index (κ3) is 2.63. The largest absolute Gasteiger partial charge is 0.469 e. The van der Waals surface area contributed by atoms with Crippen LogP contribution in [0.4, 0.5) is 0 Å². The monoisotopic (exact) mass is 240 g/mol. The minimum absolute atomic E-state index is 0.0466. The fraction of sp³-hybridized carbons (Fsp3) is 0.923. The van der Waals surface area contributed by atoms with Crippen LogP contribution in [0.25, 0.3) is 0 Å². The number of hydrogen-bond acceptors (Lipinski definition) is 4. The van der Waals surface area contributed by atoms with Crippen molar-refractivity contribution < 1.29 is 9.53 Å². The molecular weight excluding hydrogens is 216 g/mol. The molecule has 0 radical (unpaired) electrons. The van der Waals surface area contributed by atoms with E-state index in [-0.39, 0.29) is 11.9 Å². The molecule has 3 atom stereocenters. The summed E-state index contributed by atoms with van der Waals surface area (Å²) in [5.74, 6) is 0.0210. The highest BCUT2D eigenvalue weighted by atomic mass is 16.5. The van der Waals surface area contributed by atoms with Crippen molar-refractivity contribution in [3.05, 3.63) is 0 Å². The van der Waals surface area contributed by atoms with Crippen LogP contribution in [0.5, 0.6) is 0 Å². The molecule has 17 heavy (non-hydrogen) atoms. The molecule has 3 unspecified atom stereocenters. The van der Waals surface area contributed by atoms with Crippen LogP contribution < -0.4 is 5.32 Å². The summed E-state index contributed by atoms with van der Waals surface area (Å²) in [6.07, 6.45) is 2.18. The number of methoxy groups -OCH3 is 1. The Kier molecular flexibility index (Phi) is 3.73. The van der Waals surface area contributed by atoms with E-state index in [2.05, 4.69) is 24.1 Å². The zero-order valence-corrected chi connectivity index (χ0v) is 11.2. The molecule has 2 aliphatic heterocycles. The Balaban J connectivity index is 1.93. The minimum Gasteiger partial charge on any atom is -0.469 e. The van der Waals surface area contributed by atoms with Crippen molar-refractivity contribution in [1.82, 2.24) is 10.2 Å². The third-order valence-electron chi connectivity index (χ3n) is 4.43. The van der Waals surface area contributed by atoms with Gasteiger partial charge in [0.1, 0.15) is 0 Å². The lowest BCUT2D eigenvalue weighted by molar-refractivity contribution is -0.146. The fourth-order valence-electron chi connectivity index (χ4n) is 3.19. The third-order valence-corrected chi connectivity index (χ3v) is 4.43. The van der Waals surface area contributed by atoms with Crippen LogP contribution in [0, 0.1) is 11.3 Å². The second-order valence-electron chi connectivity index (χ2n) is 5.87. The number of carbonyl (C=O) groups excluding carboxylic acids is 1. The zero-order chi connectivity index (χ0) is 12.5. The van der Waals surface area contributed by atoms with E-state index >= 15 is 0 Å². The lowest BCUT2D eigenvalue weighted by Gasteiger charge is -2.32. The molecule has 2 saturated heterocycles. The average Bonchev–Trinajstić information content (AvgIpc) is 2.87. The number of nitrogens with zero attached hydrogens (tertiary/aromatic N) is 1. The first kappa shape index (κ1) is 12.8. The highest BCUT2D eigenvalue weighted by Gasteiger charge is 2.40. The van der Waals surface area contributed by atoms with E-state index < -0.39 is 0 Å². The maximum Gasteiger partial charge on any atom is 0.310 e.